The molecule has 3 rings (SSSR count). The van der Waals surface area contributed by atoms with Crippen molar-refractivity contribution >= 4 is 27.4 Å². The van der Waals surface area contributed by atoms with Crippen molar-refractivity contribution in [3.05, 3.63) is 52.6 Å². The summed E-state index contributed by atoms with van der Waals surface area (Å²) < 4.78 is 0.994. The zero-order chi connectivity index (χ0) is 12.4. The van der Waals surface area contributed by atoms with Crippen molar-refractivity contribution in [2.24, 2.45) is 0 Å². The van der Waals surface area contributed by atoms with Crippen molar-refractivity contribution in [1.29, 1.82) is 0 Å². The van der Waals surface area contributed by atoms with E-state index < -0.39 is 0 Å². The number of aromatic nitrogens is 1. The Morgan fingerprint density at radius 2 is 1.89 bits per heavy atom. The third-order valence-electron chi connectivity index (χ3n) is 3.18. The summed E-state index contributed by atoms with van der Waals surface area (Å²) in [6.07, 6.45) is 1.82. The largest absolute Gasteiger partial charge is 0.381 e. The average molecular weight is 304 g/mol. The molecule has 1 unspecified atom stereocenters. The van der Waals surface area contributed by atoms with Gasteiger partial charge in [-0.05, 0) is 27.6 Å². The predicted molar refractivity (Wildman–Crippen MR) is 78.1 cm³/mol. The Morgan fingerprint density at radius 1 is 1.11 bits per heavy atom. The summed E-state index contributed by atoms with van der Waals surface area (Å²) in [5.41, 5.74) is 2.41. The number of halogens is 1. The van der Waals surface area contributed by atoms with Crippen LogP contribution in [0.4, 0.5) is 11.5 Å². The fourth-order valence-corrected chi connectivity index (χ4v) is 2.53. The van der Waals surface area contributed by atoms with Gasteiger partial charge in [-0.1, -0.05) is 30.3 Å². The van der Waals surface area contributed by atoms with Gasteiger partial charge in [0.05, 0.1) is 5.69 Å². The first-order valence-electron chi connectivity index (χ1n) is 6.01. The normalized spacial score (nSPS) is 18.2. The predicted octanol–water partition coefficient (Wildman–Crippen LogP) is 3.47. The molecule has 0 spiro atoms. The number of hydrogen-bond donors (Lipinski definition) is 2. The molecule has 2 heterocycles. The van der Waals surface area contributed by atoms with Crippen LogP contribution in [0.2, 0.25) is 0 Å². The molecular formula is C14H14BrN3. The maximum atomic E-state index is 4.39. The van der Waals surface area contributed by atoms with E-state index in [2.05, 4.69) is 67.9 Å². The number of benzene rings is 1. The second-order valence-electron chi connectivity index (χ2n) is 4.42. The van der Waals surface area contributed by atoms with Gasteiger partial charge in [0.2, 0.25) is 0 Å². The Bertz CT molecular complexity index is 542. The first-order valence-corrected chi connectivity index (χ1v) is 6.80. The topological polar surface area (TPSA) is 37.0 Å². The number of pyridine rings is 1. The maximum absolute atomic E-state index is 4.39. The van der Waals surface area contributed by atoms with E-state index in [0.29, 0.717) is 5.92 Å². The SMILES string of the molecule is Brc1cnc2c(c1)NCC(c1ccccc1)CN2. The Hall–Kier alpha value is -1.55. The quantitative estimate of drug-likeness (QED) is 0.847. The van der Waals surface area contributed by atoms with E-state index in [1.165, 1.54) is 5.56 Å². The fourth-order valence-electron chi connectivity index (χ4n) is 2.20. The molecule has 0 saturated heterocycles. The van der Waals surface area contributed by atoms with Gasteiger partial charge in [0, 0.05) is 29.7 Å². The summed E-state index contributed by atoms with van der Waals surface area (Å²) in [6, 6.07) is 12.6. The van der Waals surface area contributed by atoms with Crippen LogP contribution in [0, 0.1) is 0 Å². The molecule has 0 fully saturated rings. The third-order valence-corrected chi connectivity index (χ3v) is 3.61. The van der Waals surface area contributed by atoms with Crippen molar-refractivity contribution in [3.8, 4) is 0 Å². The number of fused-ring (bicyclic) bond motifs is 1. The molecule has 92 valence electrons. The molecule has 18 heavy (non-hydrogen) atoms. The Balaban J connectivity index is 1.83. The Labute approximate surface area is 115 Å². The Morgan fingerprint density at radius 3 is 2.72 bits per heavy atom. The van der Waals surface area contributed by atoms with Crippen LogP contribution in [0.25, 0.3) is 0 Å². The van der Waals surface area contributed by atoms with Crippen LogP contribution in [-0.2, 0) is 0 Å². The summed E-state index contributed by atoms with van der Waals surface area (Å²) in [5.74, 6) is 1.39. The summed E-state index contributed by atoms with van der Waals surface area (Å²) in [4.78, 5) is 4.39. The molecular weight excluding hydrogens is 290 g/mol. The Kier molecular flexibility index (Phi) is 3.19. The molecule has 0 aliphatic carbocycles. The molecule has 1 aliphatic rings. The molecule has 3 nitrogen and oxygen atoms in total. The molecule has 4 heteroatoms. The summed E-state index contributed by atoms with van der Waals surface area (Å²) >= 11 is 3.45. The van der Waals surface area contributed by atoms with Gasteiger partial charge in [-0.2, -0.15) is 0 Å². The minimum absolute atomic E-state index is 0.458. The molecule has 2 aromatic rings. The average Bonchev–Trinajstić information content (AvgIpc) is 2.62. The molecule has 1 atom stereocenters. The molecule has 1 aromatic heterocycles. The first kappa shape index (κ1) is 11.5. The van der Waals surface area contributed by atoms with E-state index in [0.717, 1.165) is 29.1 Å². The van der Waals surface area contributed by atoms with Crippen LogP contribution < -0.4 is 10.6 Å². The molecule has 0 bridgehead atoms. The lowest BCUT2D eigenvalue weighted by atomic mass is 9.99. The van der Waals surface area contributed by atoms with Crippen LogP contribution in [-0.4, -0.2) is 18.1 Å². The van der Waals surface area contributed by atoms with Crippen molar-refractivity contribution in [2.45, 2.75) is 5.92 Å². The van der Waals surface area contributed by atoms with Gasteiger partial charge in [0.1, 0.15) is 5.82 Å². The van der Waals surface area contributed by atoms with Gasteiger partial charge in [-0.3, -0.25) is 0 Å². The zero-order valence-corrected chi connectivity index (χ0v) is 11.4. The number of anilines is 2. The van der Waals surface area contributed by atoms with Crippen LogP contribution in [0.5, 0.6) is 0 Å². The lowest BCUT2D eigenvalue weighted by Crippen LogP contribution is -2.16. The molecule has 0 radical (unpaired) electrons. The highest BCUT2D eigenvalue weighted by Gasteiger charge is 2.17. The minimum Gasteiger partial charge on any atom is -0.381 e. The molecule has 2 N–H and O–H groups in total. The van der Waals surface area contributed by atoms with Gasteiger partial charge in [0.25, 0.3) is 0 Å². The van der Waals surface area contributed by atoms with Crippen molar-refractivity contribution in [3.63, 3.8) is 0 Å². The molecule has 1 aliphatic heterocycles. The van der Waals surface area contributed by atoms with E-state index >= 15 is 0 Å². The summed E-state index contributed by atoms with van der Waals surface area (Å²) in [6.45, 7) is 1.82. The molecule has 1 aromatic carbocycles. The number of rotatable bonds is 1. The number of hydrogen-bond acceptors (Lipinski definition) is 3. The number of nitrogens with one attached hydrogen (secondary N) is 2. The highest BCUT2D eigenvalue weighted by atomic mass is 79.9. The molecule has 0 saturated carbocycles. The summed E-state index contributed by atoms with van der Waals surface area (Å²) in [5, 5.41) is 6.87. The van der Waals surface area contributed by atoms with Crippen molar-refractivity contribution in [2.75, 3.05) is 23.7 Å². The van der Waals surface area contributed by atoms with Crippen LogP contribution in [0.15, 0.2) is 47.1 Å². The van der Waals surface area contributed by atoms with Crippen molar-refractivity contribution in [1.82, 2.24) is 4.98 Å². The second kappa shape index (κ2) is 4.98. The summed E-state index contributed by atoms with van der Waals surface area (Å²) in [7, 11) is 0. The van der Waals surface area contributed by atoms with Crippen LogP contribution in [0.3, 0.4) is 0 Å². The highest BCUT2D eigenvalue weighted by Crippen LogP contribution is 2.28. The minimum atomic E-state index is 0.458. The van der Waals surface area contributed by atoms with E-state index in [4.69, 9.17) is 0 Å². The van der Waals surface area contributed by atoms with E-state index in [1.807, 2.05) is 6.20 Å². The monoisotopic (exact) mass is 303 g/mol. The van der Waals surface area contributed by atoms with Gasteiger partial charge in [-0.25, -0.2) is 4.98 Å². The standard InChI is InChI=1S/C14H14BrN3/c15-12-6-13-14(18-9-12)17-8-11(7-16-13)10-4-2-1-3-5-10/h1-6,9,11,16H,7-8H2,(H,17,18). The van der Waals surface area contributed by atoms with Crippen LogP contribution >= 0.6 is 15.9 Å². The smallest absolute Gasteiger partial charge is 0.149 e. The van der Waals surface area contributed by atoms with Gasteiger partial charge < -0.3 is 10.6 Å². The van der Waals surface area contributed by atoms with Gasteiger partial charge >= 0.3 is 0 Å². The van der Waals surface area contributed by atoms with Gasteiger partial charge in [0.15, 0.2) is 0 Å². The van der Waals surface area contributed by atoms with Crippen LogP contribution in [0.1, 0.15) is 11.5 Å². The first-order chi connectivity index (χ1) is 8.83. The second-order valence-corrected chi connectivity index (χ2v) is 5.33. The van der Waals surface area contributed by atoms with E-state index in [9.17, 15) is 0 Å². The lowest BCUT2D eigenvalue weighted by molar-refractivity contribution is 0.766. The fraction of sp³-hybridized carbons (Fsp3) is 0.214. The van der Waals surface area contributed by atoms with Gasteiger partial charge in [-0.15, -0.1) is 0 Å². The molecule has 0 amide bonds. The van der Waals surface area contributed by atoms with E-state index in [1.54, 1.807) is 0 Å². The van der Waals surface area contributed by atoms with Crippen molar-refractivity contribution < 1.29 is 0 Å². The number of nitrogens with zero attached hydrogens (tertiary/aromatic N) is 1. The highest BCUT2D eigenvalue weighted by molar-refractivity contribution is 9.10. The van der Waals surface area contributed by atoms with E-state index in [-0.39, 0.29) is 0 Å². The maximum Gasteiger partial charge on any atom is 0.149 e. The third kappa shape index (κ3) is 2.34. The zero-order valence-electron chi connectivity index (χ0n) is 9.86. The lowest BCUT2D eigenvalue weighted by Gasteiger charge is -2.14.